The van der Waals surface area contributed by atoms with Crippen LogP contribution in [-0.2, 0) is 17.4 Å². The molecular weight excluding hydrogens is 357 g/mol. The summed E-state index contributed by atoms with van der Waals surface area (Å²) < 4.78 is 42.1. The van der Waals surface area contributed by atoms with Crippen LogP contribution in [0.4, 0.5) is 13.2 Å². The third-order valence-corrected chi connectivity index (χ3v) is 4.20. The van der Waals surface area contributed by atoms with E-state index in [0.29, 0.717) is 19.5 Å². The quantitative estimate of drug-likeness (QED) is 0.822. The fourth-order valence-corrected chi connectivity index (χ4v) is 2.81. The average Bonchev–Trinajstić information content (AvgIpc) is 3.25. The van der Waals surface area contributed by atoms with Crippen LogP contribution in [0.2, 0.25) is 0 Å². The highest BCUT2D eigenvalue weighted by atomic mass is 19.4. The van der Waals surface area contributed by atoms with Crippen molar-refractivity contribution in [1.82, 2.24) is 20.0 Å². The number of nitrogens with one attached hydrogen (secondary N) is 1. The minimum Gasteiger partial charge on any atom is -0.396 e. The van der Waals surface area contributed by atoms with Crippen molar-refractivity contribution in [3.05, 3.63) is 34.1 Å². The second kappa shape index (κ2) is 6.90. The fraction of sp³-hybridized carbons (Fsp3) is 0.467. The molecule has 2 aromatic heterocycles. The Morgan fingerprint density at radius 1 is 1.46 bits per heavy atom. The van der Waals surface area contributed by atoms with Gasteiger partial charge in [-0.25, -0.2) is 0 Å². The first-order chi connectivity index (χ1) is 12.3. The lowest BCUT2D eigenvalue weighted by atomic mass is 10.1. The van der Waals surface area contributed by atoms with Crippen molar-refractivity contribution in [2.45, 2.75) is 19.0 Å². The smallest absolute Gasteiger partial charge is 0.396 e. The minimum atomic E-state index is -4.81. The third kappa shape index (κ3) is 3.62. The molecular formula is C15H15F3N4O4. The van der Waals surface area contributed by atoms with Gasteiger partial charge >= 0.3 is 12.1 Å². The summed E-state index contributed by atoms with van der Waals surface area (Å²) in [6.45, 7) is 0.782. The summed E-state index contributed by atoms with van der Waals surface area (Å²) >= 11 is 0. The zero-order chi connectivity index (χ0) is 18.9. The normalized spacial score (nSPS) is 17.7. The van der Waals surface area contributed by atoms with Gasteiger partial charge in [0, 0.05) is 42.9 Å². The summed E-state index contributed by atoms with van der Waals surface area (Å²) in [5.41, 5.74) is -0.661. The highest BCUT2D eigenvalue weighted by Gasteiger charge is 2.39. The molecule has 1 aliphatic heterocycles. The number of alkyl halides is 3. The van der Waals surface area contributed by atoms with E-state index in [4.69, 9.17) is 5.11 Å². The molecule has 26 heavy (non-hydrogen) atoms. The predicted octanol–water partition coefficient (Wildman–Crippen LogP) is 0.827. The molecule has 1 unspecified atom stereocenters. The molecule has 3 heterocycles. The summed E-state index contributed by atoms with van der Waals surface area (Å²) in [6.07, 6.45) is -3.25. The van der Waals surface area contributed by atoms with Gasteiger partial charge in [-0.15, -0.1) is 0 Å². The van der Waals surface area contributed by atoms with E-state index < -0.39 is 23.5 Å². The lowest BCUT2D eigenvalue weighted by Gasteiger charge is -2.16. The molecule has 1 aliphatic rings. The zero-order valence-corrected chi connectivity index (χ0v) is 13.4. The Morgan fingerprint density at radius 3 is 2.85 bits per heavy atom. The van der Waals surface area contributed by atoms with Gasteiger partial charge < -0.3 is 19.5 Å². The lowest BCUT2D eigenvalue weighted by Crippen LogP contribution is -2.32. The van der Waals surface area contributed by atoms with Crippen LogP contribution in [0.3, 0.4) is 0 Å². The van der Waals surface area contributed by atoms with E-state index in [1.54, 1.807) is 0 Å². The first kappa shape index (κ1) is 18.1. The molecule has 2 N–H and O–H groups in total. The molecule has 140 valence electrons. The Labute approximate surface area is 144 Å². The molecule has 11 heteroatoms. The topological polar surface area (TPSA) is 112 Å². The summed E-state index contributed by atoms with van der Waals surface area (Å²) in [5, 5.41) is 12.4. The molecule has 0 radical (unpaired) electrons. The van der Waals surface area contributed by atoms with Crippen molar-refractivity contribution in [2.24, 2.45) is 5.92 Å². The van der Waals surface area contributed by atoms with Crippen LogP contribution in [0.25, 0.3) is 11.4 Å². The molecule has 1 fully saturated rings. The van der Waals surface area contributed by atoms with Gasteiger partial charge in [0.15, 0.2) is 0 Å². The first-order valence-corrected chi connectivity index (χ1v) is 7.80. The van der Waals surface area contributed by atoms with Crippen LogP contribution < -0.4 is 5.56 Å². The van der Waals surface area contributed by atoms with Crippen LogP contribution >= 0.6 is 0 Å². The van der Waals surface area contributed by atoms with Crippen molar-refractivity contribution in [3.63, 3.8) is 0 Å². The number of nitrogens with zero attached hydrogens (tertiary/aromatic N) is 3. The van der Waals surface area contributed by atoms with Crippen LogP contribution in [0.5, 0.6) is 0 Å². The summed E-state index contributed by atoms with van der Waals surface area (Å²) in [6, 6.07) is 1.32. The second-order valence-corrected chi connectivity index (χ2v) is 5.97. The number of aromatic nitrogens is 3. The number of halogens is 3. The Morgan fingerprint density at radius 2 is 2.23 bits per heavy atom. The number of H-pyrrole nitrogens is 1. The number of amides is 1. The first-order valence-electron chi connectivity index (χ1n) is 7.80. The molecule has 0 aliphatic carbocycles. The maximum atomic E-state index is 12.6. The standard InChI is InChI=1S/C15H15F3N4O4/c16-15(17,18)14-20-12(21-26-14)9-1-3-19-13(25)10(9)5-11(24)22-4-2-8(6-22)7-23/h1,3,8,23H,2,4-7H2,(H,19,25). The molecule has 0 aromatic carbocycles. The molecule has 2 aromatic rings. The maximum Gasteiger partial charge on any atom is 0.471 e. The van der Waals surface area contributed by atoms with Crippen LogP contribution in [0.1, 0.15) is 17.9 Å². The Bertz CT molecular complexity index is 861. The molecule has 3 rings (SSSR count). The van der Waals surface area contributed by atoms with E-state index in [9.17, 15) is 22.8 Å². The predicted molar refractivity (Wildman–Crippen MR) is 80.8 cm³/mol. The van der Waals surface area contributed by atoms with Crippen molar-refractivity contribution < 1.29 is 27.6 Å². The Hall–Kier alpha value is -2.69. The molecule has 1 saturated heterocycles. The van der Waals surface area contributed by atoms with Gasteiger partial charge in [-0.1, -0.05) is 5.16 Å². The van der Waals surface area contributed by atoms with E-state index in [2.05, 4.69) is 19.6 Å². The van der Waals surface area contributed by atoms with E-state index in [-0.39, 0.29) is 36.0 Å². The van der Waals surface area contributed by atoms with Crippen LogP contribution in [0, 0.1) is 5.92 Å². The molecule has 0 saturated carbocycles. The van der Waals surface area contributed by atoms with Crippen molar-refractivity contribution in [2.75, 3.05) is 19.7 Å². The van der Waals surface area contributed by atoms with Crippen LogP contribution in [0.15, 0.2) is 21.6 Å². The zero-order valence-electron chi connectivity index (χ0n) is 13.4. The van der Waals surface area contributed by atoms with Gasteiger partial charge in [-0.05, 0) is 12.5 Å². The largest absolute Gasteiger partial charge is 0.471 e. The van der Waals surface area contributed by atoms with Crippen molar-refractivity contribution in [3.8, 4) is 11.4 Å². The highest BCUT2D eigenvalue weighted by molar-refractivity contribution is 5.81. The van der Waals surface area contributed by atoms with Crippen molar-refractivity contribution in [1.29, 1.82) is 0 Å². The number of aromatic amines is 1. The number of aliphatic hydroxyl groups is 1. The minimum absolute atomic E-state index is 0.000690. The maximum absolute atomic E-state index is 12.6. The van der Waals surface area contributed by atoms with Gasteiger partial charge in [0.1, 0.15) is 0 Å². The van der Waals surface area contributed by atoms with E-state index in [1.807, 2.05) is 0 Å². The number of hydrogen-bond donors (Lipinski definition) is 2. The summed E-state index contributed by atoms with van der Waals surface area (Å²) in [4.78, 5) is 31.7. The molecule has 1 atom stereocenters. The Balaban J connectivity index is 1.88. The third-order valence-electron chi connectivity index (χ3n) is 4.20. The fourth-order valence-electron chi connectivity index (χ4n) is 2.81. The number of carbonyl (C=O) groups excluding carboxylic acids is 1. The number of pyridine rings is 1. The molecule has 0 bridgehead atoms. The van der Waals surface area contributed by atoms with Crippen molar-refractivity contribution >= 4 is 5.91 Å². The van der Waals surface area contributed by atoms with Gasteiger partial charge in [-0.2, -0.15) is 18.2 Å². The van der Waals surface area contributed by atoms with E-state index >= 15 is 0 Å². The number of aliphatic hydroxyl groups excluding tert-OH is 1. The monoisotopic (exact) mass is 372 g/mol. The number of hydrogen-bond acceptors (Lipinski definition) is 6. The number of rotatable bonds is 4. The van der Waals surface area contributed by atoms with E-state index in [1.165, 1.54) is 17.2 Å². The highest BCUT2D eigenvalue weighted by Crippen LogP contribution is 2.30. The SMILES string of the molecule is O=C(Cc1c(-c2noc(C(F)(F)F)n2)cc[nH]c1=O)N1CCC(CO)C1. The molecule has 1 amide bonds. The van der Waals surface area contributed by atoms with Gasteiger partial charge in [0.2, 0.25) is 11.7 Å². The lowest BCUT2D eigenvalue weighted by molar-refractivity contribution is -0.159. The Kier molecular flexibility index (Phi) is 4.81. The van der Waals surface area contributed by atoms with Crippen LogP contribution in [-0.4, -0.2) is 50.7 Å². The number of carbonyl (C=O) groups is 1. The second-order valence-electron chi connectivity index (χ2n) is 5.97. The van der Waals surface area contributed by atoms with E-state index in [0.717, 1.165) is 0 Å². The van der Waals surface area contributed by atoms with Gasteiger partial charge in [0.25, 0.3) is 5.56 Å². The molecule has 8 nitrogen and oxygen atoms in total. The van der Waals surface area contributed by atoms with Gasteiger partial charge in [-0.3, -0.25) is 9.59 Å². The average molecular weight is 372 g/mol. The van der Waals surface area contributed by atoms with Gasteiger partial charge in [0.05, 0.1) is 6.42 Å². The number of likely N-dealkylation sites (tertiary alicyclic amines) is 1. The summed E-state index contributed by atoms with van der Waals surface area (Å²) in [5.74, 6) is -2.33. The molecule has 0 spiro atoms. The summed E-state index contributed by atoms with van der Waals surface area (Å²) in [7, 11) is 0.